The number of benzene rings is 1. The number of nitrogens with zero attached hydrogens (tertiary/aromatic N) is 2. The van der Waals surface area contributed by atoms with Crippen molar-refractivity contribution in [3.63, 3.8) is 0 Å². The van der Waals surface area contributed by atoms with Crippen LogP contribution in [0.25, 0.3) is 0 Å². The third kappa shape index (κ3) is 5.84. The maximum atomic E-state index is 12.7. The van der Waals surface area contributed by atoms with Gasteiger partial charge in [0.2, 0.25) is 5.91 Å². The molecule has 1 heterocycles. The molecular weight excluding hydrogens is 395 g/mol. The second-order valence-electron chi connectivity index (χ2n) is 6.61. The molecule has 0 spiro atoms. The molecular formula is C19H21ClF3N3O2. The fourth-order valence-electron chi connectivity index (χ4n) is 2.89. The second kappa shape index (κ2) is 8.79. The molecule has 0 aliphatic rings. The number of aromatic nitrogens is 1. The van der Waals surface area contributed by atoms with Crippen LogP contribution in [0.15, 0.2) is 30.3 Å². The average Bonchev–Trinajstić information content (AvgIpc) is 2.83. The lowest BCUT2D eigenvalue weighted by molar-refractivity contribution is -0.141. The minimum absolute atomic E-state index is 0.0712. The van der Waals surface area contributed by atoms with Gasteiger partial charge in [0, 0.05) is 17.0 Å². The number of Topliss-reactive ketones (excluding diaryl/α,β-unsaturated/α-hetero) is 1. The lowest BCUT2D eigenvalue weighted by atomic mass is 10.1. The summed E-state index contributed by atoms with van der Waals surface area (Å²) in [7, 11) is 1.58. The van der Waals surface area contributed by atoms with E-state index < -0.39 is 12.7 Å². The summed E-state index contributed by atoms with van der Waals surface area (Å²) < 4.78 is 39.2. The largest absolute Gasteiger partial charge is 0.406 e. The van der Waals surface area contributed by atoms with Gasteiger partial charge in [-0.15, -0.1) is 0 Å². The van der Waals surface area contributed by atoms with Crippen LogP contribution in [0.4, 0.5) is 18.9 Å². The number of amides is 1. The molecule has 0 atom stereocenters. The first-order valence-electron chi connectivity index (χ1n) is 8.47. The highest BCUT2D eigenvalue weighted by Gasteiger charge is 2.30. The molecule has 2 aromatic rings. The third-order valence-electron chi connectivity index (χ3n) is 4.19. The molecule has 1 aromatic heterocycles. The summed E-state index contributed by atoms with van der Waals surface area (Å²) in [5.74, 6) is -0.708. The normalized spacial score (nSPS) is 11.7. The van der Waals surface area contributed by atoms with E-state index in [0.717, 1.165) is 4.57 Å². The molecule has 0 radical (unpaired) electrons. The number of rotatable bonds is 7. The third-order valence-corrected chi connectivity index (χ3v) is 4.52. The van der Waals surface area contributed by atoms with Crippen LogP contribution < -0.4 is 5.32 Å². The van der Waals surface area contributed by atoms with Gasteiger partial charge < -0.3 is 9.88 Å². The van der Waals surface area contributed by atoms with Crippen molar-refractivity contribution >= 4 is 29.0 Å². The Labute approximate surface area is 166 Å². The quantitative estimate of drug-likeness (QED) is 0.693. The summed E-state index contributed by atoms with van der Waals surface area (Å²) >= 11 is 5.98. The SMILES string of the molecule is Cc1cc(C(=O)CN(C)CC(=O)Nc2ccccc2Cl)c(C)n1CC(F)(F)F. The molecule has 1 amide bonds. The fraction of sp³-hybridized carbons (Fsp3) is 0.368. The van der Waals surface area contributed by atoms with Crippen LogP contribution in [0.2, 0.25) is 5.02 Å². The highest BCUT2D eigenvalue weighted by atomic mass is 35.5. The van der Waals surface area contributed by atoms with Gasteiger partial charge in [-0.1, -0.05) is 23.7 Å². The van der Waals surface area contributed by atoms with Crippen molar-refractivity contribution in [2.24, 2.45) is 0 Å². The lowest BCUT2D eigenvalue weighted by Crippen LogP contribution is -2.34. The summed E-state index contributed by atoms with van der Waals surface area (Å²) in [4.78, 5) is 26.1. The zero-order chi connectivity index (χ0) is 21.1. The van der Waals surface area contributed by atoms with Crippen molar-refractivity contribution in [2.75, 3.05) is 25.5 Å². The highest BCUT2D eigenvalue weighted by Crippen LogP contribution is 2.23. The molecule has 1 N–H and O–H groups in total. The number of anilines is 1. The Hall–Kier alpha value is -2.32. The molecule has 2 rings (SSSR count). The molecule has 28 heavy (non-hydrogen) atoms. The van der Waals surface area contributed by atoms with E-state index in [4.69, 9.17) is 11.6 Å². The van der Waals surface area contributed by atoms with Crippen molar-refractivity contribution in [1.29, 1.82) is 0 Å². The van der Waals surface area contributed by atoms with Gasteiger partial charge in [-0.2, -0.15) is 13.2 Å². The second-order valence-corrected chi connectivity index (χ2v) is 7.02. The molecule has 0 aliphatic carbocycles. The van der Waals surface area contributed by atoms with E-state index in [1.807, 2.05) is 0 Å². The molecule has 152 valence electrons. The minimum Gasteiger partial charge on any atom is -0.339 e. The summed E-state index contributed by atoms with van der Waals surface area (Å²) in [6.07, 6.45) is -4.37. The topological polar surface area (TPSA) is 54.3 Å². The van der Waals surface area contributed by atoms with Gasteiger partial charge in [0.1, 0.15) is 6.54 Å². The van der Waals surface area contributed by atoms with E-state index in [0.29, 0.717) is 16.4 Å². The van der Waals surface area contributed by atoms with Gasteiger partial charge in [-0.25, -0.2) is 0 Å². The van der Waals surface area contributed by atoms with Crippen LogP contribution in [0, 0.1) is 13.8 Å². The van der Waals surface area contributed by atoms with Crippen LogP contribution in [0.3, 0.4) is 0 Å². The number of likely N-dealkylation sites (N-methyl/N-ethyl adjacent to an activating group) is 1. The summed E-state index contributed by atoms with van der Waals surface area (Å²) in [6.45, 7) is 1.69. The van der Waals surface area contributed by atoms with Crippen LogP contribution in [-0.2, 0) is 11.3 Å². The Morgan fingerprint density at radius 3 is 2.43 bits per heavy atom. The maximum absolute atomic E-state index is 12.7. The minimum atomic E-state index is -4.37. The van der Waals surface area contributed by atoms with E-state index in [1.165, 1.54) is 24.8 Å². The van der Waals surface area contributed by atoms with Crippen LogP contribution in [0.1, 0.15) is 21.7 Å². The van der Waals surface area contributed by atoms with Gasteiger partial charge in [-0.05, 0) is 39.1 Å². The average molecular weight is 416 g/mol. The van der Waals surface area contributed by atoms with E-state index in [-0.39, 0.29) is 36.0 Å². The number of ketones is 1. The number of nitrogens with one attached hydrogen (secondary N) is 1. The van der Waals surface area contributed by atoms with Crippen molar-refractivity contribution in [3.8, 4) is 0 Å². The predicted molar refractivity (Wildman–Crippen MR) is 102 cm³/mol. The van der Waals surface area contributed by atoms with E-state index in [1.54, 1.807) is 31.3 Å². The first kappa shape index (κ1) is 22.0. The first-order chi connectivity index (χ1) is 13.0. The smallest absolute Gasteiger partial charge is 0.339 e. The number of carbonyl (C=O) groups excluding carboxylic acids is 2. The Balaban J connectivity index is 2.00. The molecule has 0 aliphatic heterocycles. The molecule has 0 fully saturated rings. The number of para-hydroxylation sites is 1. The van der Waals surface area contributed by atoms with E-state index in [2.05, 4.69) is 5.32 Å². The number of hydrogen-bond donors (Lipinski definition) is 1. The number of alkyl halides is 3. The molecule has 0 saturated heterocycles. The van der Waals surface area contributed by atoms with Crippen molar-refractivity contribution in [2.45, 2.75) is 26.6 Å². The first-order valence-corrected chi connectivity index (χ1v) is 8.85. The number of aryl methyl sites for hydroxylation is 1. The summed E-state index contributed by atoms with van der Waals surface area (Å²) in [5.41, 5.74) is 1.30. The highest BCUT2D eigenvalue weighted by molar-refractivity contribution is 6.33. The van der Waals surface area contributed by atoms with Crippen molar-refractivity contribution in [3.05, 3.63) is 52.3 Å². The maximum Gasteiger partial charge on any atom is 0.406 e. The Morgan fingerprint density at radius 1 is 1.18 bits per heavy atom. The number of halogens is 4. The molecule has 0 unspecified atom stereocenters. The summed E-state index contributed by atoms with van der Waals surface area (Å²) in [6, 6.07) is 8.20. The van der Waals surface area contributed by atoms with Gasteiger partial charge in [0.05, 0.1) is 23.8 Å². The zero-order valence-corrected chi connectivity index (χ0v) is 16.5. The molecule has 9 heteroatoms. The molecule has 0 saturated carbocycles. The Morgan fingerprint density at radius 2 is 1.82 bits per heavy atom. The van der Waals surface area contributed by atoms with Crippen molar-refractivity contribution in [1.82, 2.24) is 9.47 Å². The number of hydrogen-bond acceptors (Lipinski definition) is 3. The number of carbonyl (C=O) groups is 2. The predicted octanol–water partition coefficient (Wildman–Crippen LogP) is 4.07. The molecule has 5 nitrogen and oxygen atoms in total. The fourth-order valence-corrected chi connectivity index (χ4v) is 3.07. The summed E-state index contributed by atoms with van der Waals surface area (Å²) in [5, 5.41) is 3.05. The van der Waals surface area contributed by atoms with Crippen LogP contribution in [-0.4, -0.2) is 47.5 Å². The van der Waals surface area contributed by atoms with Crippen LogP contribution in [0.5, 0.6) is 0 Å². The lowest BCUT2D eigenvalue weighted by Gasteiger charge is -2.16. The Bertz CT molecular complexity index is 878. The van der Waals surface area contributed by atoms with Crippen LogP contribution >= 0.6 is 11.6 Å². The molecule has 1 aromatic carbocycles. The standard InChI is InChI=1S/C19H21ClF3N3O2/c1-12-8-14(13(2)26(12)11-19(21,22)23)17(27)9-25(3)10-18(28)24-16-7-5-4-6-15(16)20/h4-8H,9-11H2,1-3H3,(H,24,28). The monoisotopic (exact) mass is 415 g/mol. The van der Waals surface area contributed by atoms with Gasteiger partial charge in [0.15, 0.2) is 5.78 Å². The van der Waals surface area contributed by atoms with E-state index >= 15 is 0 Å². The van der Waals surface area contributed by atoms with Gasteiger partial charge >= 0.3 is 6.18 Å². The Kier molecular flexibility index (Phi) is 6.90. The van der Waals surface area contributed by atoms with E-state index in [9.17, 15) is 22.8 Å². The van der Waals surface area contributed by atoms with Gasteiger partial charge in [-0.3, -0.25) is 14.5 Å². The molecule has 0 bridgehead atoms. The zero-order valence-electron chi connectivity index (χ0n) is 15.7. The van der Waals surface area contributed by atoms with Crippen molar-refractivity contribution < 1.29 is 22.8 Å². The van der Waals surface area contributed by atoms with Gasteiger partial charge in [0.25, 0.3) is 0 Å².